The van der Waals surface area contributed by atoms with Crippen molar-refractivity contribution in [3.05, 3.63) is 35.8 Å². The number of H-pyrrole nitrogens is 1. The Kier molecular flexibility index (Phi) is 6.93. The number of carbonyl (C=O) groups excluding carboxylic acids is 1. The molecule has 38 heavy (non-hydrogen) atoms. The van der Waals surface area contributed by atoms with Crippen LogP contribution in [0.1, 0.15) is 37.3 Å². The minimum Gasteiger partial charge on any atom is -0.392 e. The summed E-state index contributed by atoms with van der Waals surface area (Å²) in [6, 6.07) is 2.61. The summed E-state index contributed by atoms with van der Waals surface area (Å²) in [6.45, 7) is 3.63. The Balaban J connectivity index is 1.30. The molecule has 2 aliphatic heterocycles. The summed E-state index contributed by atoms with van der Waals surface area (Å²) in [5.41, 5.74) is 0.0121. The quantitative estimate of drug-likeness (QED) is 0.396. The van der Waals surface area contributed by atoms with E-state index in [1.54, 1.807) is 0 Å². The number of halogens is 3. The van der Waals surface area contributed by atoms with Gasteiger partial charge in [-0.25, -0.2) is 15.0 Å². The monoisotopic (exact) mass is 528 g/mol. The number of alkyl halides is 3. The number of β-amino-alcohol motifs (C(OH)–C–C–N with tert-alkyl or cyclic N) is 1. The van der Waals surface area contributed by atoms with Gasteiger partial charge in [-0.15, -0.1) is 0 Å². The van der Waals surface area contributed by atoms with E-state index >= 15 is 0 Å². The van der Waals surface area contributed by atoms with Crippen molar-refractivity contribution in [1.82, 2.24) is 30.2 Å². The Bertz CT molecular complexity index is 1380. The molecule has 0 aliphatic carbocycles. The molecule has 2 fully saturated rings. The van der Waals surface area contributed by atoms with E-state index in [2.05, 4.69) is 30.6 Å². The number of piperidine rings is 1. The van der Waals surface area contributed by atoms with E-state index < -0.39 is 17.8 Å². The van der Waals surface area contributed by atoms with Gasteiger partial charge in [0.05, 0.1) is 35.2 Å². The predicted molar refractivity (Wildman–Crippen MR) is 132 cm³/mol. The minimum atomic E-state index is -4.56. The van der Waals surface area contributed by atoms with Gasteiger partial charge in [-0.2, -0.15) is 18.4 Å². The van der Waals surface area contributed by atoms with Gasteiger partial charge in [-0.1, -0.05) is 0 Å². The molecule has 0 unspecified atom stereocenters. The molecule has 2 aliphatic rings. The number of hydrogen-bond acceptors (Lipinski definition) is 8. The van der Waals surface area contributed by atoms with Crippen molar-refractivity contribution in [1.29, 1.82) is 5.26 Å². The van der Waals surface area contributed by atoms with E-state index in [0.29, 0.717) is 31.6 Å². The largest absolute Gasteiger partial charge is 0.417 e. The number of nitrogens with one attached hydrogen (secondary N) is 3. The second-order valence-corrected chi connectivity index (χ2v) is 9.83. The third-order valence-electron chi connectivity index (χ3n) is 7.34. The van der Waals surface area contributed by atoms with Gasteiger partial charge in [-0.3, -0.25) is 4.79 Å². The summed E-state index contributed by atoms with van der Waals surface area (Å²) in [6.07, 6.45) is 0.514. The van der Waals surface area contributed by atoms with Gasteiger partial charge >= 0.3 is 6.18 Å². The van der Waals surface area contributed by atoms with Crippen LogP contribution in [0.2, 0.25) is 0 Å². The first-order chi connectivity index (χ1) is 18.1. The molecule has 5 heterocycles. The van der Waals surface area contributed by atoms with E-state index in [9.17, 15) is 28.3 Å². The van der Waals surface area contributed by atoms with Gasteiger partial charge in [-0.05, 0) is 38.2 Å². The maximum atomic E-state index is 13.3. The van der Waals surface area contributed by atoms with Gasteiger partial charge in [0.15, 0.2) is 0 Å². The fourth-order valence-corrected chi connectivity index (χ4v) is 5.16. The van der Waals surface area contributed by atoms with Crippen molar-refractivity contribution < 1.29 is 23.1 Å². The second kappa shape index (κ2) is 10.2. The van der Waals surface area contributed by atoms with Crippen LogP contribution in [-0.2, 0) is 11.0 Å². The van der Waals surface area contributed by atoms with Crippen LogP contribution >= 0.6 is 0 Å². The van der Waals surface area contributed by atoms with Crippen molar-refractivity contribution >= 4 is 22.9 Å². The Hall–Kier alpha value is -3.76. The zero-order chi connectivity index (χ0) is 27.0. The fourth-order valence-electron chi connectivity index (χ4n) is 5.16. The lowest BCUT2D eigenvalue weighted by Crippen LogP contribution is -2.48. The van der Waals surface area contributed by atoms with E-state index in [0.717, 1.165) is 25.1 Å². The van der Waals surface area contributed by atoms with Crippen LogP contribution in [0.15, 0.2) is 24.7 Å². The summed E-state index contributed by atoms with van der Waals surface area (Å²) in [5.74, 6) is 0.501. The number of fused-ring (bicyclic) bond motifs is 1. The van der Waals surface area contributed by atoms with Gasteiger partial charge in [0.1, 0.15) is 11.7 Å². The zero-order valence-electron chi connectivity index (χ0n) is 20.6. The van der Waals surface area contributed by atoms with Crippen molar-refractivity contribution in [2.24, 2.45) is 5.92 Å². The molecule has 3 aromatic rings. The molecule has 10 nitrogen and oxygen atoms in total. The molecular weight excluding hydrogens is 501 g/mol. The zero-order valence-corrected chi connectivity index (χ0v) is 20.6. The lowest BCUT2D eigenvalue weighted by molar-refractivity contribution is -0.137. The van der Waals surface area contributed by atoms with Crippen molar-refractivity contribution in [2.75, 3.05) is 25.0 Å². The highest BCUT2D eigenvalue weighted by molar-refractivity contribution is 5.94. The molecule has 5 rings (SSSR count). The molecule has 2 saturated heterocycles. The molecule has 3 atom stereocenters. The predicted octanol–water partition coefficient (Wildman–Crippen LogP) is 2.67. The highest BCUT2D eigenvalue weighted by atomic mass is 19.4. The average molecular weight is 529 g/mol. The first kappa shape index (κ1) is 25.9. The third-order valence-corrected chi connectivity index (χ3v) is 7.34. The number of aromatic amines is 1. The molecule has 13 heteroatoms. The third kappa shape index (κ3) is 5.14. The normalized spacial score (nSPS) is 21.4. The van der Waals surface area contributed by atoms with Crippen molar-refractivity contribution in [3.8, 4) is 17.3 Å². The molecule has 4 N–H and O–H groups in total. The number of nitrogens with zero attached hydrogens (tertiary/aromatic N) is 5. The number of aliphatic hydroxyl groups excluding tert-OH is 1. The lowest BCUT2D eigenvalue weighted by Gasteiger charge is -2.36. The standard InChI is InChI=1S/C25H27F3N8O2/c1-13(14-2-4-36(5-3-14)23(38)20-7-17(37)11-30-20)34-24-33-9-15(8-29)21(35-24)19-12-32-22-18(19)6-16(10-31-22)25(26,27)28/h6,9-10,12-14,17,20,30,37H,2-5,7,11H2,1H3,(H,31,32)(H,33,34,35)/t13-,17-,20-/m1/s1. The van der Waals surface area contributed by atoms with Crippen LogP contribution in [0.5, 0.6) is 0 Å². The number of anilines is 1. The van der Waals surface area contributed by atoms with Crippen LogP contribution in [0.3, 0.4) is 0 Å². The summed E-state index contributed by atoms with van der Waals surface area (Å²) in [4.78, 5) is 30.0. The van der Waals surface area contributed by atoms with Gasteiger partial charge < -0.3 is 25.6 Å². The highest BCUT2D eigenvalue weighted by Crippen LogP contribution is 2.35. The van der Waals surface area contributed by atoms with Crippen LogP contribution in [0.4, 0.5) is 19.1 Å². The first-order valence-corrected chi connectivity index (χ1v) is 12.4. The lowest BCUT2D eigenvalue weighted by atomic mass is 9.90. The maximum absolute atomic E-state index is 13.3. The molecule has 0 bridgehead atoms. The van der Waals surface area contributed by atoms with Crippen LogP contribution < -0.4 is 10.6 Å². The van der Waals surface area contributed by atoms with Gasteiger partial charge in [0.2, 0.25) is 11.9 Å². The summed E-state index contributed by atoms with van der Waals surface area (Å²) < 4.78 is 39.8. The van der Waals surface area contributed by atoms with Crippen LogP contribution in [0, 0.1) is 17.2 Å². The molecule has 0 saturated carbocycles. The Morgan fingerprint density at radius 3 is 2.71 bits per heavy atom. The number of pyridine rings is 1. The molecular formula is C25H27F3N8O2. The highest BCUT2D eigenvalue weighted by Gasteiger charge is 2.34. The number of aromatic nitrogens is 4. The van der Waals surface area contributed by atoms with E-state index in [4.69, 9.17) is 0 Å². The Morgan fingerprint density at radius 2 is 2.05 bits per heavy atom. The second-order valence-electron chi connectivity index (χ2n) is 9.83. The Labute approximate surface area is 216 Å². The number of hydrogen-bond donors (Lipinski definition) is 4. The van der Waals surface area contributed by atoms with E-state index in [-0.39, 0.29) is 52.1 Å². The van der Waals surface area contributed by atoms with Crippen molar-refractivity contribution in [2.45, 2.75) is 50.6 Å². The molecule has 0 radical (unpaired) electrons. The molecule has 0 aromatic carbocycles. The van der Waals surface area contributed by atoms with E-state index in [1.165, 1.54) is 12.4 Å². The molecule has 3 aromatic heterocycles. The average Bonchev–Trinajstić information content (AvgIpc) is 3.53. The number of amides is 1. The number of carbonyl (C=O) groups is 1. The summed E-state index contributed by atoms with van der Waals surface area (Å²) in [7, 11) is 0. The fraction of sp³-hybridized carbons (Fsp3) is 0.480. The topological polar surface area (TPSA) is 143 Å². The molecule has 1 amide bonds. The van der Waals surface area contributed by atoms with Crippen LogP contribution in [0.25, 0.3) is 22.3 Å². The number of nitriles is 1. The van der Waals surface area contributed by atoms with Gasteiger partial charge in [0.25, 0.3) is 0 Å². The van der Waals surface area contributed by atoms with Gasteiger partial charge in [0, 0.05) is 49.0 Å². The first-order valence-electron chi connectivity index (χ1n) is 12.4. The number of likely N-dealkylation sites (tertiary alicyclic amines) is 1. The van der Waals surface area contributed by atoms with Crippen LogP contribution in [-0.4, -0.2) is 73.7 Å². The molecule has 0 spiro atoms. The van der Waals surface area contributed by atoms with Crippen molar-refractivity contribution in [3.63, 3.8) is 0 Å². The molecule has 200 valence electrons. The summed E-state index contributed by atoms with van der Waals surface area (Å²) >= 11 is 0. The number of rotatable bonds is 5. The smallest absolute Gasteiger partial charge is 0.392 e. The Morgan fingerprint density at radius 1 is 1.29 bits per heavy atom. The van der Waals surface area contributed by atoms with E-state index in [1.807, 2.05) is 17.9 Å². The summed E-state index contributed by atoms with van der Waals surface area (Å²) in [5, 5.41) is 25.8. The number of aliphatic hydroxyl groups is 1. The SMILES string of the molecule is C[C@@H](Nc1ncc(C#N)c(-c2c[nH]c3ncc(C(F)(F)F)cc23)n1)C1CCN(C(=O)[C@H]2C[C@@H](O)CN2)CC1. The maximum Gasteiger partial charge on any atom is 0.417 e. The minimum absolute atomic E-state index is 0.0163.